The maximum absolute atomic E-state index is 4.73. The van der Waals surface area contributed by atoms with Crippen molar-refractivity contribution in [2.24, 2.45) is 0 Å². The van der Waals surface area contributed by atoms with E-state index in [2.05, 4.69) is 39.5 Å². The van der Waals surface area contributed by atoms with Gasteiger partial charge in [0.15, 0.2) is 0 Å². The van der Waals surface area contributed by atoms with Crippen LogP contribution in [-0.4, -0.2) is 36.1 Å². The van der Waals surface area contributed by atoms with Crippen molar-refractivity contribution in [3.05, 3.63) is 27.9 Å². The molecule has 1 aliphatic heterocycles. The summed E-state index contributed by atoms with van der Waals surface area (Å²) in [5.41, 5.74) is 2.44. The Kier molecular flexibility index (Phi) is 3.75. The molecule has 0 amide bonds. The van der Waals surface area contributed by atoms with E-state index in [1.165, 1.54) is 17.7 Å². The molecule has 5 heteroatoms. The topological polar surface area (TPSA) is 28.2 Å². The highest BCUT2D eigenvalue weighted by Crippen LogP contribution is 2.26. The van der Waals surface area contributed by atoms with Gasteiger partial charge in [0, 0.05) is 35.5 Å². The molecule has 3 heterocycles. The lowest BCUT2D eigenvalue weighted by molar-refractivity contribution is 0.246. The van der Waals surface area contributed by atoms with Crippen LogP contribution >= 0.6 is 22.7 Å². The number of thiazole rings is 1. The van der Waals surface area contributed by atoms with Gasteiger partial charge in [-0.2, -0.15) is 11.3 Å². The first-order chi connectivity index (χ1) is 8.83. The molecule has 0 aromatic carbocycles. The standard InChI is InChI=1S/C13H17N3S2/c1-16(12-2-4-14-6-12)7-11-9-18-13(15-11)10-3-5-17-8-10/h3,5,8-9,12,14H,2,4,6-7H2,1H3. The molecule has 1 aliphatic rings. The second-order valence-corrected chi connectivity index (χ2v) is 6.36. The molecular weight excluding hydrogens is 262 g/mol. The first-order valence-corrected chi connectivity index (χ1v) is 8.03. The van der Waals surface area contributed by atoms with Crippen molar-refractivity contribution in [1.82, 2.24) is 15.2 Å². The van der Waals surface area contributed by atoms with Crippen molar-refractivity contribution in [3.8, 4) is 10.6 Å². The fraction of sp³-hybridized carbons (Fsp3) is 0.462. The van der Waals surface area contributed by atoms with Gasteiger partial charge in [0.1, 0.15) is 5.01 Å². The second-order valence-electron chi connectivity index (χ2n) is 4.72. The summed E-state index contributed by atoms with van der Waals surface area (Å²) in [7, 11) is 2.20. The van der Waals surface area contributed by atoms with Crippen LogP contribution in [0.15, 0.2) is 22.2 Å². The molecule has 1 atom stereocenters. The SMILES string of the molecule is CN(Cc1csc(-c2ccsc2)n1)C1CCNC1. The summed E-state index contributed by atoms with van der Waals surface area (Å²) in [4.78, 5) is 7.14. The average molecular weight is 279 g/mol. The Balaban J connectivity index is 1.66. The van der Waals surface area contributed by atoms with Crippen molar-refractivity contribution in [3.63, 3.8) is 0 Å². The maximum atomic E-state index is 4.73. The van der Waals surface area contributed by atoms with Crippen molar-refractivity contribution in [2.75, 3.05) is 20.1 Å². The largest absolute Gasteiger partial charge is 0.315 e. The van der Waals surface area contributed by atoms with Gasteiger partial charge in [0.05, 0.1) is 5.69 Å². The summed E-state index contributed by atoms with van der Waals surface area (Å²) in [6.07, 6.45) is 1.25. The predicted molar refractivity (Wildman–Crippen MR) is 78.2 cm³/mol. The summed E-state index contributed by atoms with van der Waals surface area (Å²) in [6, 6.07) is 2.80. The summed E-state index contributed by atoms with van der Waals surface area (Å²) < 4.78 is 0. The van der Waals surface area contributed by atoms with Crippen LogP contribution in [-0.2, 0) is 6.54 Å². The number of likely N-dealkylation sites (N-methyl/N-ethyl adjacent to an activating group) is 1. The Morgan fingerprint density at radius 3 is 3.17 bits per heavy atom. The van der Waals surface area contributed by atoms with Crippen LogP contribution in [0.4, 0.5) is 0 Å². The first kappa shape index (κ1) is 12.3. The molecule has 0 radical (unpaired) electrons. The fourth-order valence-corrected chi connectivity index (χ4v) is 3.82. The molecule has 1 saturated heterocycles. The van der Waals surface area contributed by atoms with E-state index in [1.807, 2.05) is 0 Å². The third-order valence-corrected chi connectivity index (χ3v) is 5.01. The number of nitrogens with one attached hydrogen (secondary N) is 1. The van der Waals surface area contributed by atoms with Crippen LogP contribution in [0.25, 0.3) is 10.6 Å². The van der Waals surface area contributed by atoms with E-state index in [0.717, 1.165) is 24.6 Å². The van der Waals surface area contributed by atoms with Gasteiger partial charge >= 0.3 is 0 Å². The van der Waals surface area contributed by atoms with E-state index in [4.69, 9.17) is 4.98 Å². The smallest absolute Gasteiger partial charge is 0.124 e. The Labute approximate surface area is 115 Å². The van der Waals surface area contributed by atoms with Crippen molar-refractivity contribution >= 4 is 22.7 Å². The quantitative estimate of drug-likeness (QED) is 0.932. The average Bonchev–Trinajstić information content (AvgIpc) is 3.12. The van der Waals surface area contributed by atoms with Crippen LogP contribution in [0.5, 0.6) is 0 Å². The molecule has 1 N–H and O–H groups in total. The van der Waals surface area contributed by atoms with Crippen LogP contribution in [0.1, 0.15) is 12.1 Å². The zero-order valence-corrected chi connectivity index (χ0v) is 12.1. The first-order valence-electron chi connectivity index (χ1n) is 6.21. The number of thiophene rings is 1. The van der Waals surface area contributed by atoms with Crippen LogP contribution in [0, 0.1) is 0 Å². The minimum atomic E-state index is 0.663. The van der Waals surface area contributed by atoms with E-state index in [1.54, 1.807) is 22.7 Å². The molecule has 2 aromatic rings. The molecule has 0 bridgehead atoms. The van der Waals surface area contributed by atoms with Crippen LogP contribution < -0.4 is 5.32 Å². The maximum Gasteiger partial charge on any atom is 0.124 e. The summed E-state index contributed by atoms with van der Waals surface area (Å²) >= 11 is 3.47. The van der Waals surface area contributed by atoms with Gasteiger partial charge in [0.2, 0.25) is 0 Å². The minimum absolute atomic E-state index is 0.663. The number of hydrogen-bond acceptors (Lipinski definition) is 5. The molecule has 0 saturated carbocycles. The van der Waals surface area contributed by atoms with Gasteiger partial charge in [-0.25, -0.2) is 4.98 Å². The number of rotatable bonds is 4. The highest BCUT2D eigenvalue weighted by atomic mass is 32.1. The molecule has 1 fully saturated rings. The number of nitrogens with zero attached hydrogens (tertiary/aromatic N) is 2. The van der Waals surface area contributed by atoms with E-state index >= 15 is 0 Å². The van der Waals surface area contributed by atoms with Gasteiger partial charge in [-0.1, -0.05) is 0 Å². The summed E-state index contributed by atoms with van der Waals surface area (Å²) in [5, 5.41) is 11.0. The van der Waals surface area contributed by atoms with E-state index in [0.29, 0.717) is 6.04 Å². The Morgan fingerprint density at radius 2 is 2.44 bits per heavy atom. The van der Waals surface area contributed by atoms with E-state index in [-0.39, 0.29) is 0 Å². The van der Waals surface area contributed by atoms with Crippen LogP contribution in [0.3, 0.4) is 0 Å². The van der Waals surface area contributed by atoms with Crippen molar-refractivity contribution < 1.29 is 0 Å². The molecule has 2 aromatic heterocycles. The van der Waals surface area contributed by atoms with Gasteiger partial charge in [0.25, 0.3) is 0 Å². The zero-order chi connectivity index (χ0) is 12.4. The third kappa shape index (κ3) is 2.64. The molecule has 3 nitrogen and oxygen atoms in total. The number of hydrogen-bond donors (Lipinski definition) is 1. The van der Waals surface area contributed by atoms with Gasteiger partial charge in [-0.3, -0.25) is 4.90 Å². The predicted octanol–water partition coefficient (Wildman–Crippen LogP) is 2.67. The summed E-state index contributed by atoms with van der Waals surface area (Å²) in [5.74, 6) is 0. The second kappa shape index (κ2) is 5.48. The summed E-state index contributed by atoms with van der Waals surface area (Å²) in [6.45, 7) is 3.21. The van der Waals surface area contributed by atoms with Gasteiger partial charge in [-0.05, 0) is 31.5 Å². The molecule has 3 rings (SSSR count). The minimum Gasteiger partial charge on any atom is -0.315 e. The van der Waals surface area contributed by atoms with Crippen LogP contribution in [0.2, 0.25) is 0 Å². The van der Waals surface area contributed by atoms with Gasteiger partial charge in [-0.15, -0.1) is 11.3 Å². The fourth-order valence-electron chi connectivity index (χ4n) is 2.30. The lowest BCUT2D eigenvalue weighted by Gasteiger charge is -2.22. The molecular formula is C13H17N3S2. The highest BCUT2D eigenvalue weighted by molar-refractivity contribution is 7.14. The normalized spacial score (nSPS) is 19.8. The molecule has 1 unspecified atom stereocenters. The molecule has 96 valence electrons. The van der Waals surface area contributed by atoms with Crippen molar-refractivity contribution in [1.29, 1.82) is 0 Å². The van der Waals surface area contributed by atoms with Gasteiger partial charge < -0.3 is 5.32 Å². The monoisotopic (exact) mass is 279 g/mol. The molecule has 0 spiro atoms. The number of aromatic nitrogens is 1. The molecule has 0 aliphatic carbocycles. The van der Waals surface area contributed by atoms with Crippen molar-refractivity contribution in [2.45, 2.75) is 19.0 Å². The Bertz CT molecular complexity index is 486. The van der Waals surface area contributed by atoms with E-state index in [9.17, 15) is 0 Å². The highest BCUT2D eigenvalue weighted by Gasteiger charge is 2.19. The lowest BCUT2D eigenvalue weighted by atomic mass is 10.2. The lowest BCUT2D eigenvalue weighted by Crippen LogP contribution is -2.32. The molecule has 18 heavy (non-hydrogen) atoms. The Hall–Kier alpha value is -0.750. The Morgan fingerprint density at radius 1 is 1.50 bits per heavy atom. The van der Waals surface area contributed by atoms with E-state index < -0.39 is 0 Å². The zero-order valence-electron chi connectivity index (χ0n) is 10.4. The third-order valence-electron chi connectivity index (χ3n) is 3.39.